The molecule has 6 heteroatoms. The van der Waals surface area contributed by atoms with E-state index in [1.54, 1.807) is 7.05 Å². The van der Waals surface area contributed by atoms with Crippen molar-refractivity contribution in [3.63, 3.8) is 0 Å². The van der Waals surface area contributed by atoms with Crippen molar-refractivity contribution in [1.29, 1.82) is 0 Å². The van der Waals surface area contributed by atoms with Gasteiger partial charge in [0.2, 0.25) is 11.5 Å². The molecule has 0 bridgehead atoms. The van der Waals surface area contributed by atoms with Crippen LogP contribution in [0.5, 0.6) is 0 Å². The normalized spacial score (nSPS) is 10.1. The fourth-order valence-corrected chi connectivity index (χ4v) is 1.94. The van der Waals surface area contributed by atoms with E-state index < -0.39 is 0 Å². The Bertz CT molecular complexity index is 640. The molecule has 0 atom stereocenters. The predicted octanol–water partition coefficient (Wildman–Crippen LogP) is 1.18. The third-order valence-electron chi connectivity index (χ3n) is 2.91. The lowest BCUT2D eigenvalue weighted by molar-refractivity contribution is -0.121. The molecular formula is C14H18ClN3O2. The third-order valence-corrected chi connectivity index (χ3v) is 2.91. The fraction of sp³-hybridized carbons (Fsp3) is 0.286. The van der Waals surface area contributed by atoms with Crippen LogP contribution in [0, 0.1) is 0 Å². The molecule has 0 aliphatic rings. The van der Waals surface area contributed by atoms with Gasteiger partial charge in [-0.15, -0.1) is 12.4 Å². The van der Waals surface area contributed by atoms with Crippen LogP contribution in [0.1, 0.15) is 12.0 Å². The average Bonchev–Trinajstić information content (AvgIpc) is 2.42. The van der Waals surface area contributed by atoms with Crippen LogP contribution in [0.4, 0.5) is 0 Å². The van der Waals surface area contributed by atoms with Gasteiger partial charge in [-0.05, 0) is 18.7 Å². The van der Waals surface area contributed by atoms with Crippen LogP contribution in [0.3, 0.4) is 0 Å². The van der Waals surface area contributed by atoms with Gasteiger partial charge in [0.1, 0.15) is 0 Å². The van der Waals surface area contributed by atoms with Gasteiger partial charge in [0.25, 0.3) is 0 Å². The molecule has 0 aliphatic heterocycles. The minimum atomic E-state index is -0.154. The summed E-state index contributed by atoms with van der Waals surface area (Å²) in [6.07, 6.45) is 0.428. The zero-order chi connectivity index (χ0) is 13.7. The van der Waals surface area contributed by atoms with E-state index >= 15 is 0 Å². The van der Waals surface area contributed by atoms with Gasteiger partial charge in [-0.2, -0.15) is 0 Å². The van der Waals surface area contributed by atoms with Crippen molar-refractivity contribution in [2.45, 2.75) is 13.0 Å². The third kappa shape index (κ3) is 4.08. The van der Waals surface area contributed by atoms with E-state index in [1.807, 2.05) is 24.3 Å². The smallest absolute Gasteiger partial charge is 0.248 e. The number of H-pyrrole nitrogens is 1. The number of rotatable bonds is 5. The fourth-order valence-electron chi connectivity index (χ4n) is 1.94. The average molecular weight is 296 g/mol. The number of pyridine rings is 1. The van der Waals surface area contributed by atoms with Crippen molar-refractivity contribution in [1.82, 2.24) is 15.6 Å². The number of hydrogen-bond donors (Lipinski definition) is 3. The first-order chi connectivity index (χ1) is 9.20. The number of carbonyl (C=O) groups excluding carboxylic acids is 1. The summed E-state index contributed by atoms with van der Waals surface area (Å²) >= 11 is 0. The van der Waals surface area contributed by atoms with Crippen molar-refractivity contribution in [2.75, 3.05) is 13.6 Å². The maximum absolute atomic E-state index is 11.6. The van der Waals surface area contributed by atoms with E-state index in [0.29, 0.717) is 19.5 Å². The number of aromatic amines is 1. The Kier molecular flexibility index (Phi) is 6.21. The first-order valence-corrected chi connectivity index (χ1v) is 6.23. The first-order valence-electron chi connectivity index (χ1n) is 6.23. The van der Waals surface area contributed by atoms with Crippen molar-refractivity contribution in [2.24, 2.45) is 0 Å². The van der Waals surface area contributed by atoms with Crippen LogP contribution in [0.2, 0.25) is 0 Å². The molecule has 0 saturated carbocycles. The number of hydrogen-bond acceptors (Lipinski definition) is 3. The van der Waals surface area contributed by atoms with Crippen LogP contribution < -0.4 is 16.2 Å². The number of carbonyl (C=O) groups is 1. The summed E-state index contributed by atoms with van der Waals surface area (Å²) in [4.78, 5) is 25.9. The number of halogens is 1. The Morgan fingerprint density at radius 2 is 2.05 bits per heavy atom. The van der Waals surface area contributed by atoms with E-state index in [-0.39, 0.29) is 23.9 Å². The van der Waals surface area contributed by atoms with Gasteiger partial charge in [-0.1, -0.05) is 18.2 Å². The summed E-state index contributed by atoms with van der Waals surface area (Å²) in [6.45, 7) is 1.01. The van der Waals surface area contributed by atoms with Gasteiger partial charge in [0.05, 0.1) is 0 Å². The van der Waals surface area contributed by atoms with Gasteiger partial charge >= 0.3 is 0 Å². The lowest BCUT2D eigenvalue weighted by atomic mass is 10.1. The van der Waals surface area contributed by atoms with Gasteiger partial charge in [-0.3, -0.25) is 9.59 Å². The molecule has 3 N–H and O–H groups in total. The molecule has 2 aromatic rings. The van der Waals surface area contributed by atoms with Crippen molar-refractivity contribution in [3.8, 4) is 0 Å². The molecule has 1 heterocycles. The predicted molar refractivity (Wildman–Crippen MR) is 82.2 cm³/mol. The van der Waals surface area contributed by atoms with Crippen LogP contribution in [-0.2, 0) is 11.3 Å². The molecule has 0 spiro atoms. The highest BCUT2D eigenvalue weighted by Gasteiger charge is 2.05. The second-order valence-corrected chi connectivity index (χ2v) is 4.33. The minimum Gasteiger partial charge on any atom is -0.352 e. The molecule has 0 radical (unpaired) electrons. The van der Waals surface area contributed by atoms with Crippen LogP contribution in [0.25, 0.3) is 10.9 Å². The van der Waals surface area contributed by atoms with Gasteiger partial charge < -0.3 is 15.6 Å². The summed E-state index contributed by atoms with van der Waals surface area (Å²) < 4.78 is 0. The molecule has 0 saturated heterocycles. The molecule has 5 nitrogen and oxygen atoms in total. The topological polar surface area (TPSA) is 74.0 Å². The second-order valence-electron chi connectivity index (χ2n) is 4.33. The van der Waals surface area contributed by atoms with Gasteiger partial charge in [0.15, 0.2) is 0 Å². The lowest BCUT2D eigenvalue weighted by Crippen LogP contribution is -2.26. The Morgan fingerprint density at radius 3 is 2.80 bits per heavy atom. The van der Waals surface area contributed by atoms with Gasteiger partial charge in [0, 0.05) is 36.5 Å². The van der Waals surface area contributed by atoms with Crippen molar-refractivity contribution >= 4 is 29.2 Å². The number of benzene rings is 1. The molecule has 0 fully saturated rings. The largest absolute Gasteiger partial charge is 0.352 e. The number of aromatic nitrogens is 1. The summed E-state index contributed by atoms with van der Waals surface area (Å²) in [5, 5.41) is 6.70. The molecular weight excluding hydrogens is 278 g/mol. The zero-order valence-corrected chi connectivity index (χ0v) is 12.0. The molecule has 0 aliphatic carbocycles. The highest BCUT2D eigenvalue weighted by Crippen LogP contribution is 2.14. The van der Waals surface area contributed by atoms with E-state index in [1.165, 1.54) is 6.07 Å². The highest BCUT2D eigenvalue weighted by molar-refractivity contribution is 5.85. The Balaban J connectivity index is 0.00000200. The van der Waals surface area contributed by atoms with E-state index in [0.717, 1.165) is 16.5 Å². The highest BCUT2D eigenvalue weighted by atomic mass is 35.5. The standard InChI is InChI=1S/C14H17N3O2.ClH/c1-15-7-6-13(18)16-9-10-8-14(19)17-12-5-3-2-4-11(10)12;/h2-5,8,15H,6-7,9H2,1H3,(H,16,18)(H,17,19);1H. The molecule has 108 valence electrons. The Morgan fingerprint density at radius 1 is 1.30 bits per heavy atom. The number of fused-ring (bicyclic) bond motifs is 1. The maximum atomic E-state index is 11.6. The molecule has 2 rings (SSSR count). The van der Waals surface area contributed by atoms with Crippen LogP contribution in [-0.4, -0.2) is 24.5 Å². The van der Waals surface area contributed by atoms with Crippen molar-refractivity contribution in [3.05, 3.63) is 46.2 Å². The number of amides is 1. The molecule has 1 amide bonds. The summed E-state index contributed by atoms with van der Waals surface area (Å²) in [5.74, 6) is -0.0290. The number of nitrogens with one attached hydrogen (secondary N) is 3. The molecule has 0 unspecified atom stereocenters. The summed E-state index contributed by atoms with van der Waals surface area (Å²) in [6, 6.07) is 9.09. The van der Waals surface area contributed by atoms with Crippen LogP contribution in [0.15, 0.2) is 35.1 Å². The van der Waals surface area contributed by atoms with E-state index in [4.69, 9.17) is 0 Å². The van der Waals surface area contributed by atoms with Crippen LogP contribution >= 0.6 is 12.4 Å². The van der Waals surface area contributed by atoms with Gasteiger partial charge in [-0.25, -0.2) is 0 Å². The number of para-hydroxylation sites is 1. The second kappa shape index (κ2) is 7.67. The summed E-state index contributed by atoms with van der Waals surface area (Å²) in [5.41, 5.74) is 1.46. The zero-order valence-electron chi connectivity index (χ0n) is 11.2. The molecule has 20 heavy (non-hydrogen) atoms. The SMILES string of the molecule is CNCCC(=O)NCc1cc(=O)[nH]c2ccccc12.Cl. The first kappa shape index (κ1) is 16.2. The summed E-state index contributed by atoms with van der Waals surface area (Å²) in [7, 11) is 1.80. The van der Waals surface area contributed by atoms with Crippen molar-refractivity contribution < 1.29 is 4.79 Å². The monoisotopic (exact) mass is 295 g/mol. The molecule has 1 aromatic heterocycles. The Hall–Kier alpha value is -1.85. The van der Waals surface area contributed by atoms with E-state index in [9.17, 15) is 9.59 Å². The molecule has 1 aromatic carbocycles. The Labute approximate surface area is 123 Å². The quantitative estimate of drug-likeness (QED) is 0.775. The van der Waals surface area contributed by atoms with E-state index in [2.05, 4.69) is 15.6 Å². The minimum absolute atomic E-state index is 0. The lowest BCUT2D eigenvalue weighted by Gasteiger charge is -2.08. The maximum Gasteiger partial charge on any atom is 0.248 e.